The molecule has 0 fully saturated rings. The van der Waals surface area contributed by atoms with Gasteiger partial charge in [0.2, 0.25) is 0 Å². The van der Waals surface area contributed by atoms with Crippen LogP contribution in [-0.4, -0.2) is 37.2 Å². The molecule has 0 saturated carbocycles. The summed E-state index contributed by atoms with van der Waals surface area (Å²) in [5, 5.41) is 0. The van der Waals surface area contributed by atoms with Crippen LogP contribution in [0.3, 0.4) is 0 Å². The SMILES string of the molecule is CC\C=C/C=C\C=C/C=C\C=C\C=C/CCCCCC(=O)OCC(COC(=O)CC/C=C\C/C=C\CCCCCCCC)OC(=O)CCC/C=C\C/C=C\C/C=C\CCCCCCCC. The van der Waals surface area contributed by atoms with Gasteiger partial charge < -0.3 is 14.2 Å². The quantitative estimate of drug-likeness (QED) is 0.0199. The standard InChI is InChI=1S/C59H92O6/c1-4-7-10-13-16-19-22-25-27-29-31-34-37-40-43-46-49-52-58(61)64-55-56(54-63-57(60)51-48-45-42-39-36-33-24-21-18-15-12-9-6-3)65-59(62)53-50-47-44-41-38-35-32-30-28-26-23-20-17-14-11-8-5-2/h7,10,13,16,19,22,25-29,31-37,41-42,44-45,56H,4-6,8-9,11-12,14-15,17-18,20-21,23-24,30,38-40,43,46-55H2,1-3H3/b10-7-,16-13-,22-19-,27-25-,28-26-,31-29+,35-32-,36-33-,37-34-,44-41-,45-42-. The third-order valence-corrected chi connectivity index (χ3v) is 10.3. The first-order valence-electron chi connectivity index (χ1n) is 25.8. The summed E-state index contributed by atoms with van der Waals surface area (Å²) >= 11 is 0. The van der Waals surface area contributed by atoms with Gasteiger partial charge in [-0.25, -0.2) is 0 Å². The third kappa shape index (κ3) is 50.4. The van der Waals surface area contributed by atoms with Gasteiger partial charge in [0.1, 0.15) is 13.2 Å². The molecule has 65 heavy (non-hydrogen) atoms. The molecule has 0 aliphatic carbocycles. The fourth-order valence-electron chi connectivity index (χ4n) is 6.42. The number of rotatable bonds is 44. The van der Waals surface area contributed by atoms with E-state index in [0.29, 0.717) is 19.3 Å². The van der Waals surface area contributed by atoms with Gasteiger partial charge in [-0.05, 0) is 89.9 Å². The summed E-state index contributed by atoms with van der Waals surface area (Å²) in [5.41, 5.74) is 0. The first kappa shape index (κ1) is 60.5. The first-order chi connectivity index (χ1) is 32.0. The molecule has 0 spiro atoms. The van der Waals surface area contributed by atoms with E-state index in [0.717, 1.165) is 57.8 Å². The van der Waals surface area contributed by atoms with E-state index < -0.39 is 12.1 Å². The summed E-state index contributed by atoms with van der Waals surface area (Å²) in [6.07, 6.45) is 73.1. The molecular formula is C59H92O6. The Morgan fingerprint density at radius 3 is 1.22 bits per heavy atom. The fraction of sp³-hybridized carbons (Fsp3) is 0.576. The van der Waals surface area contributed by atoms with Crippen molar-refractivity contribution in [2.24, 2.45) is 0 Å². The van der Waals surface area contributed by atoms with E-state index in [1.54, 1.807) is 0 Å². The van der Waals surface area contributed by atoms with Gasteiger partial charge in [-0.3, -0.25) is 14.4 Å². The normalized spacial score (nSPS) is 13.2. The van der Waals surface area contributed by atoms with E-state index in [4.69, 9.17) is 14.2 Å². The summed E-state index contributed by atoms with van der Waals surface area (Å²) in [6.45, 7) is 6.32. The summed E-state index contributed by atoms with van der Waals surface area (Å²) < 4.78 is 16.6. The molecule has 6 heteroatoms. The zero-order valence-electron chi connectivity index (χ0n) is 41.4. The lowest BCUT2D eigenvalue weighted by Crippen LogP contribution is -2.30. The van der Waals surface area contributed by atoms with E-state index in [1.165, 1.54) is 83.5 Å². The Morgan fingerprint density at radius 1 is 0.338 bits per heavy atom. The van der Waals surface area contributed by atoms with Gasteiger partial charge >= 0.3 is 17.9 Å². The Kier molecular flexibility index (Phi) is 48.6. The molecule has 1 unspecified atom stereocenters. The highest BCUT2D eigenvalue weighted by Gasteiger charge is 2.19. The molecule has 0 aromatic heterocycles. The van der Waals surface area contributed by atoms with Gasteiger partial charge in [0.05, 0.1) is 0 Å². The number of carbonyl (C=O) groups is 3. The van der Waals surface area contributed by atoms with Crippen LogP contribution in [0.4, 0.5) is 0 Å². The molecule has 0 heterocycles. The van der Waals surface area contributed by atoms with E-state index >= 15 is 0 Å². The summed E-state index contributed by atoms with van der Waals surface area (Å²) in [7, 11) is 0. The monoisotopic (exact) mass is 897 g/mol. The number of hydrogen-bond acceptors (Lipinski definition) is 6. The molecule has 0 radical (unpaired) electrons. The smallest absolute Gasteiger partial charge is 0.306 e. The highest BCUT2D eigenvalue weighted by atomic mass is 16.6. The highest BCUT2D eigenvalue weighted by molar-refractivity contribution is 5.71. The van der Waals surface area contributed by atoms with Crippen LogP contribution in [0.2, 0.25) is 0 Å². The lowest BCUT2D eigenvalue weighted by molar-refractivity contribution is -0.166. The van der Waals surface area contributed by atoms with Crippen LogP contribution in [0.15, 0.2) is 134 Å². The minimum absolute atomic E-state index is 0.143. The molecule has 0 aliphatic rings. The number of unbranched alkanes of at least 4 members (excludes halogenated alkanes) is 16. The zero-order chi connectivity index (χ0) is 47.2. The Labute approximate surface area is 398 Å². The summed E-state index contributed by atoms with van der Waals surface area (Å²) in [5.74, 6) is -1.12. The Balaban J connectivity index is 4.65. The molecule has 0 bridgehead atoms. The van der Waals surface area contributed by atoms with Crippen molar-refractivity contribution in [2.75, 3.05) is 13.2 Å². The predicted octanol–water partition coefficient (Wildman–Crippen LogP) is 17.1. The molecule has 364 valence electrons. The van der Waals surface area contributed by atoms with Crippen molar-refractivity contribution in [1.29, 1.82) is 0 Å². The third-order valence-electron chi connectivity index (χ3n) is 10.3. The molecule has 0 saturated heterocycles. The predicted molar refractivity (Wildman–Crippen MR) is 279 cm³/mol. The number of hydrogen-bond donors (Lipinski definition) is 0. The maximum atomic E-state index is 12.8. The van der Waals surface area contributed by atoms with Crippen LogP contribution >= 0.6 is 0 Å². The minimum Gasteiger partial charge on any atom is -0.462 e. The lowest BCUT2D eigenvalue weighted by Gasteiger charge is -2.18. The molecule has 0 aromatic carbocycles. The molecule has 0 rings (SSSR count). The van der Waals surface area contributed by atoms with E-state index in [9.17, 15) is 14.4 Å². The van der Waals surface area contributed by atoms with Crippen molar-refractivity contribution >= 4 is 17.9 Å². The molecule has 0 aromatic rings. The summed E-state index contributed by atoms with van der Waals surface area (Å²) in [4.78, 5) is 37.9. The second-order valence-electron chi connectivity index (χ2n) is 16.5. The van der Waals surface area contributed by atoms with Crippen molar-refractivity contribution in [3.8, 4) is 0 Å². The molecule has 0 amide bonds. The molecular weight excluding hydrogens is 805 g/mol. The number of allylic oxidation sites excluding steroid dienone is 22. The summed E-state index contributed by atoms with van der Waals surface area (Å²) in [6, 6.07) is 0. The number of carbonyl (C=O) groups excluding carboxylic acids is 3. The second kappa shape index (κ2) is 52.2. The first-order valence-corrected chi connectivity index (χ1v) is 25.8. The van der Waals surface area contributed by atoms with Gasteiger partial charge in [0.25, 0.3) is 0 Å². The highest BCUT2D eigenvalue weighted by Crippen LogP contribution is 2.11. The second-order valence-corrected chi connectivity index (χ2v) is 16.5. The van der Waals surface area contributed by atoms with Crippen LogP contribution < -0.4 is 0 Å². The Hall–Kier alpha value is -4.45. The van der Waals surface area contributed by atoms with Gasteiger partial charge in [-0.1, -0.05) is 225 Å². The average Bonchev–Trinajstić information content (AvgIpc) is 3.30. The van der Waals surface area contributed by atoms with Crippen molar-refractivity contribution in [3.05, 3.63) is 134 Å². The van der Waals surface area contributed by atoms with Gasteiger partial charge in [-0.15, -0.1) is 0 Å². The van der Waals surface area contributed by atoms with Crippen molar-refractivity contribution in [2.45, 2.75) is 207 Å². The van der Waals surface area contributed by atoms with Crippen LogP contribution in [0.25, 0.3) is 0 Å². The maximum absolute atomic E-state index is 12.8. The van der Waals surface area contributed by atoms with Gasteiger partial charge in [0, 0.05) is 19.3 Å². The molecule has 0 aliphatic heterocycles. The van der Waals surface area contributed by atoms with Crippen molar-refractivity contribution in [1.82, 2.24) is 0 Å². The van der Waals surface area contributed by atoms with E-state index in [1.807, 2.05) is 66.8 Å². The van der Waals surface area contributed by atoms with Crippen LogP contribution in [0.1, 0.15) is 201 Å². The molecule has 0 N–H and O–H groups in total. The lowest BCUT2D eigenvalue weighted by atomic mass is 10.1. The largest absolute Gasteiger partial charge is 0.462 e. The van der Waals surface area contributed by atoms with Gasteiger partial charge in [-0.2, -0.15) is 0 Å². The zero-order valence-corrected chi connectivity index (χ0v) is 41.4. The van der Waals surface area contributed by atoms with Gasteiger partial charge in [0.15, 0.2) is 6.10 Å². The van der Waals surface area contributed by atoms with Crippen molar-refractivity contribution in [3.63, 3.8) is 0 Å². The number of esters is 3. The molecule has 1 atom stereocenters. The number of ether oxygens (including phenoxy) is 3. The van der Waals surface area contributed by atoms with Crippen LogP contribution in [-0.2, 0) is 28.6 Å². The Bertz CT molecular complexity index is 1450. The topological polar surface area (TPSA) is 78.9 Å². The minimum atomic E-state index is -0.850. The van der Waals surface area contributed by atoms with Crippen LogP contribution in [0, 0.1) is 0 Å². The van der Waals surface area contributed by atoms with Crippen molar-refractivity contribution < 1.29 is 28.6 Å². The van der Waals surface area contributed by atoms with E-state index in [-0.39, 0.29) is 44.4 Å². The fourth-order valence-corrected chi connectivity index (χ4v) is 6.42. The van der Waals surface area contributed by atoms with Crippen LogP contribution in [0.5, 0.6) is 0 Å². The Morgan fingerprint density at radius 2 is 0.708 bits per heavy atom. The average molecular weight is 897 g/mol. The van der Waals surface area contributed by atoms with E-state index in [2.05, 4.69) is 87.6 Å². The maximum Gasteiger partial charge on any atom is 0.306 e. The molecule has 6 nitrogen and oxygen atoms in total.